The molecule has 0 aromatic rings. The van der Waals surface area contributed by atoms with Gasteiger partial charge in [0, 0.05) is 25.2 Å². The molecule has 2 aliphatic rings. The largest absolute Gasteiger partial charge is 0.381 e. The van der Waals surface area contributed by atoms with Crippen LogP contribution in [0.25, 0.3) is 0 Å². The first-order chi connectivity index (χ1) is 8.63. The van der Waals surface area contributed by atoms with E-state index in [9.17, 15) is 0 Å². The highest BCUT2D eigenvalue weighted by molar-refractivity contribution is 5.01. The van der Waals surface area contributed by atoms with Gasteiger partial charge in [0.25, 0.3) is 0 Å². The summed E-state index contributed by atoms with van der Waals surface area (Å²) in [6.07, 6.45) is 7.95. The number of hydrogen-bond acceptors (Lipinski definition) is 3. The second-order valence-electron chi connectivity index (χ2n) is 6.53. The zero-order chi connectivity index (χ0) is 13.2. The summed E-state index contributed by atoms with van der Waals surface area (Å²) in [4.78, 5) is 2.74. The Morgan fingerprint density at radius 1 is 1.33 bits per heavy atom. The van der Waals surface area contributed by atoms with Crippen molar-refractivity contribution in [2.45, 2.75) is 70.1 Å². The number of hydrogen-bond donors (Lipinski definition) is 1. The van der Waals surface area contributed by atoms with Gasteiger partial charge in [-0.05, 0) is 51.0 Å². The minimum atomic E-state index is 0.213. The molecule has 0 radical (unpaired) electrons. The van der Waals surface area contributed by atoms with Gasteiger partial charge in [-0.2, -0.15) is 0 Å². The second kappa shape index (κ2) is 5.89. The maximum absolute atomic E-state index is 6.20. The lowest BCUT2D eigenvalue weighted by molar-refractivity contribution is -0.0341. The zero-order valence-corrected chi connectivity index (χ0v) is 12.3. The van der Waals surface area contributed by atoms with Gasteiger partial charge >= 0.3 is 0 Å². The van der Waals surface area contributed by atoms with E-state index in [0.717, 1.165) is 24.9 Å². The zero-order valence-electron chi connectivity index (χ0n) is 12.3. The van der Waals surface area contributed by atoms with Gasteiger partial charge < -0.3 is 10.5 Å². The van der Waals surface area contributed by atoms with Crippen molar-refractivity contribution in [1.82, 2.24) is 4.90 Å². The van der Waals surface area contributed by atoms with Crippen LogP contribution in [0.4, 0.5) is 0 Å². The summed E-state index contributed by atoms with van der Waals surface area (Å²) in [5.41, 5.74) is 6.41. The van der Waals surface area contributed by atoms with E-state index in [2.05, 4.69) is 18.7 Å². The molecule has 3 unspecified atom stereocenters. The summed E-state index contributed by atoms with van der Waals surface area (Å²) in [6, 6.07) is 0.726. The molecule has 0 bridgehead atoms. The van der Waals surface area contributed by atoms with E-state index < -0.39 is 0 Å². The van der Waals surface area contributed by atoms with Gasteiger partial charge in [-0.15, -0.1) is 0 Å². The molecule has 3 atom stereocenters. The molecule has 18 heavy (non-hydrogen) atoms. The second-order valence-corrected chi connectivity index (χ2v) is 6.53. The minimum Gasteiger partial charge on any atom is -0.381 e. The van der Waals surface area contributed by atoms with E-state index >= 15 is 0 Å². The average molecular weight is 254 g/mol. The van der Waals surface area contributed by atoms with Crippen molar-refractivity contribution in [3.63, 3.8) is 0 Å². The van der Waals surface area contributed by atoms with Crippen LogP contribution < -0.4 is 5.73 Å². The van der Waals surface area contributed by atoms with Crippen LogP contribution in [0.1, 0.15) is 52.4 Å². The molecule has 2 N–H and O–H groups in total. The van der Waals surface area contributed by atoms with Crippen molar-refractivity contribution in [3.8, 4) is 0 Å². The number of nitrogens with two attached hydrogens (primary N) is 1. The van der Waals surface area contributed by atoms with Crippen molar-refractivity contribution >= 4 is 0 Å². The molecule has 2 rings (SSSR count). The summed E-state index contributed by atoms with van der Waals surface area (Å²) in [6.45, 7) is 6.72. The Balaban J connectivity index is 2.15. The molecular formula is C15H30N2O. The predicted molar refractivity (Wildman–Crippen MR) is 75.6 cm³/mol. The van der Waals surface area contributed by atoms with Gasteiger partial charge in [0.05, 0.1) is 6.10 Å². The van der Waals surface area contributed by atoms with Crippen molar-refractivity contribution in [3.05, 3.63) is 0 Å². The normalized spacial score (nSPS) is 38.5. The first-order valence-electron chi connectivity index (χ1n) is 7.62. The van der Waals surface area contributed by atoms with Crippen molar-refractivity contribution < 1.29 is 4.74 Å². The van der Waals surface area contributed by atoms with Crippen molar-refractivity contribution in [2.24, 2.45) is 11.7 Å². The Kier molecular flexibility index (Phi) is 4.68. The highest BCUT2D eigenvalue weighted by Gasteiger charge is 2.45. The van der Waals surface area contributed by atoms with Gasteiger partial charge in [-0.3, -0.25) is 4.90 Å². The fraction of sp³-hybridized carbons (Fsp3) is 1.00. The molecule has 1 heterocycles. The molecule has 0 spiro atoms. The number of ether oxygens (including phenoxy) is 1. The molecule has 106 valence electrons. The lowest BCUT2D eigenvalue weighted by Crippen LogP contribution is -2.59. The molecule has 1 saturated heterocycles. The third-order valence-corrected chi connectivity index (χ3v) is 5.17. The lowest BCUT2D eigenvalue weighted by atomic mass is 9.77. The molecule has 1 aliphatic carbocycles. The van der Waals surface area contributed by atoms with E-state index in [1.165, 1.54) is 38.6 Å². The number of rotatable bonds is 4. The minimum absolute atomic E-state index is 0.213. The molecule has 0 aromatic heterocycles. The van der Waals surface area contributed by atoms with Gasteiger partial charge in [0.1, 0.15) is 0 Å². The van der Waals surface area contributed by atoms with Crippen LogP contribution >= 0.6 is 0 Å². The molecule has 3 nitrogen and oxygen atoms in total. The third kappa shape index (κ3) is 2.59. The van der Waals surface area contributed by atoms with Crippen LogP contribution in [0, 0.1) is 5.92 Å². The highest BCUT2D eigenvalue weighted by Crippen LogP contribution is 2.40. The molecule has 3 heteroatoms. The standard InChI is InChI=1S/C15H30N2O/c1-12(2)14-7-5-9-17(14)15(11-16)8-4-6-13(10-15)18-3/h12-14H,4-11,16H2,1-3H3. The number of likely N-dealkylation sites (tertiary alicyclic amines) is 1. The van der Waals surface area contributed by atoms with Crippen LogP contribution in [-0.2, 0) is 4.74 Å². The van der Waals surface area contributed by atoms with Crippen LogP contribution in [0.5, 0.6) is 0 Å². The van der Waals surface area contributed by atoms with Crippen LogP contribution in [0.15, 0.2) is 0 Å². The maximum Gasteiger partial charge on any atom is 0.0589 e. The Morgan fingerprint density at radius 2 is 2.11 bits per heavy atom. The first-order valence-corrected chi connectivity index (χ1v) is 7.62. The van der Waals surface area contributed by atoms with Gasteiger partial charge in [0.2, 0.25) is 0 Å². The fourth-order valence-corrected chi connectivity index (χ4v) is 4.13. The quantitative estimate of drug-likeness (QED) is 0.837. The van der Waals surface area contributed by atoms with Crippen LogP contribution in [0.3, 0.4) is 0 Å². The highest BCUT2D eigenvalue weighted by atomic mass is 16.5. The topological polar surface area (TPSA) is 38.5 Å². The Morgan fingerprint density at radius 3 is 2.72 bits per heavy atom. The predicted octanol–water partition coefficient (Wildman–Crippen LogP) is 2.39. The van der Waals surface area contributed by atoms with Gasteiger partial charge in [0.15, 0.2) is 0 Å². The van der Waals surface area contributed by atoms with Crippen molar-refractivity contribution in [1.29, 1.82) is 0 Å². The third-order valence-electron chi connectivity index (χ3n) is 5.17. The summed E-state index contributed by atoms with van der Waals surface area (Å²) in [7, 11) is 1.85. The van der Waals surface area contributed by atoms with Crippen molar-refractivity contribution in [2.75, 3.05) is 20.2 Å². The van der Waals surface area contributed by atoms with E-state index in [0.29, 0.717) is 6.10 Å². The molecular weight excluding hydrogens is 224 g/mol. The maximum atomic E-state index is 6.20. The fourth-order valence-electron chi connectivity index (χ4n) is 4.13. The summed E-state index contributed by atoms with van der Waals surface area (Å²) < 4.78 is 5.62. The van der Waals surface area contributed by atoms with E-state index in [1.54, 1.807) is 0 Å². The number of nitrogens with zero attached hydrogens (tertiary/aromatic N) is 1. The molecule has 2 fully saturated rings. The van der Waals surface area contributed by atoms with Gasteiger partial charge in [-0.25, -0.2) is 0 Å². The Labute approximate surface area is 112 Å². The smallest absolute Gasteiger partial charge is 0.0589 e. The van der Waals surface area contributed by atoms with E-state index in [1.807, 2.05) is 7.11 Å². The first kappa shape index (κ1) is 14.3. The SMILES string of the molecule is COC1CCCC(CN)(N2CCCC2C(C)C)C1. The monoisotopic (exact) mass is 254 g/mol. The van der Waals surface area contributed by atoms with Crippen LogP contribution in [0.2, 0.25) is 0 Å². The van der Waals surface area contributed by atoms with Crippen LogP contribution in [-0.4, -0.2) is 42.8 Å². The summed E-state index contributed by atoms with van der Waals surface area (Å²) in [5, 5.41) is 0. The van der Waals surface area contributed by atoms with Gasteiger partial charge in [-0.1, -0.05) is 13.8 Å². The van der Waals surface area contributed by atoms with E-state index in [4.69, 9.17) is 10.5 Å². The molecule has 1 saturated carbocycles. The Bertz CT molecular complexity index is 269. The van der Waals surface area contributed by atoms with E-state index in [-0.39, 0.29) is 5.54 Å². The molecule has 0 aromatic carbocycles. The average Bonchev–Trinajstić information content (AvgIpc) is 2.88. The summed E-state index contributed by atoms with van der Waals surface area (Å²) in [5.74, 6) is 0.735. The summed E-state index contributed by atoms with van der Waals surface area (Å²) >= 11 is 0. The Hall–Kier alpha value is -0.120. The molecule has 1 aliphatic heterocycles. The lowest BCUT2D eigenvalue weighted by Gasteiger charge is -2.49. The number of methoxy groups -OCH3 is 1. The molecule has 0 amide bonds.